The molecule has 41 heavy (non-hydrogen) atoms. The van der Waals surface area contributed by atoms with E-state index in [4.69, 9.17) is 16.3 Å². The number of aromatic amines is 1. The summed E-state index contributed by atoms with van der Waals surface area (Å²) in [6.45, 7) is 3.50. The molecule has 212 valence electrons. The Morgan fingerprint density at radius 3 is 2.15 bits per heavy atom. The molecule has 0 aliphatic carbocycles. The van der Waals surface area contributed by atoms with Crippen molar-refractivity contribution in [3.05, 3.63) is 137 Å². The van der Waals surface area contributed by atoms with Gasteiger partial charge in [-0.25, -0.2) is 0 Å². The first-order chi connectivity index (χ1) is 19.8. The van der Waals surface area contributed by atoms with Gasteiger partial charge in [0.2, 0.25) is 0 Å². The third-order valence-electron chi connectivity index (χ3n) is 7.36. The van der Waals surface area contributed by atoms with Crippen LogP contribution in [-0.2, 0) is 12.7 Å². The molecule has 1 aromatic heterocycles. The monoisotopic (exact) mass is 576 g/mol. The Labute approximate surface area is 243 Å². The first-order valence-electron chi connectivity index (χ1n) is 13.7. The van der Waals surface area contributed by atoms with Crippen LogP contribution >= 0.6 is 11.6 Å². The van der Waals surface area contributed by atoms with Crippen molar-refractivity contribution in [1.29, 1.82) is 0 Å². The zero-order chi connectivity index (χ0) is 28.8. The third kappa shape index (κ3) is 7.13. The number of alkyl halides is 3. The molecule has 0 saturated carbocycles. The SMILES string of the molecule is C[C@H](CCN(Cc1cccc(C(F)(F)F)c1Cl)CC(c1ccccc1)c1ccccc1)Oc1cccc2[nH]ccc12. The average molecular weight is 577 g/mol. The summed E-state index contributed by atoms with van der Waals surface area (Å²) in [6.07, 6.45) is -2.08. The van der Waals surface area contributed by atoms with Gasteiger partial charge in [-0.05, 0) is 54.3 Å². The fourth-order valence-corrected chi connectivity index (χ4v) is 5.52. The lowest BCUT2D eigenvalue weighted by Crippen LogP contribution is -2.32. The average Bonchev–Trinajstić information content (AvgIpc) is 3.46. The number of nitrogens with zero attached hydrogens (tertiary/aromatic N) is 1. The van der Waals surface area contributed by atoms with Gasteiger partial charge in [-0.2, -0.15) is 13.2 Å². The van der Waals surface area contributed by atoms with E-state index in [1.54, 1.807) is 6.07 Å². The summed E-state index contributed by atoms with van der Waals surface area (Å²) in [4.78, 5) is 5.39. The van der Waals surface area contributed by atoms with E-state index < -0.39 is 11.7 Å². The highest BCUT2D eigenvalue weighted by atomic mass is 35.5. The molecule has 4 aromatic carbocycles. The molecule has 0 fully saturated rings. The molecule has 5 aromatic rings. The highest BCUT2D eigenvalue weighted by Gasteiger charge is 2.34. The Morgan fingerprint density at radius 1 is 0.829 bits per heavy atom. The molecule has 7 heteroatoms. The predicted octanol–water partition coefficient (Wildman–Crippen LogP) is 9.33. The van der Waals surface area contributed by atoms with Gasteiger partial charge in [0.15, 0.2) is 0 Å². The molecule has 1 heterocycles. The maximum atomic E-state index is 13.7. The number of hydrogen-bond donors (Lipinski definition) is 1. The number of halogens is 4. The molecule has 0 aliphatic rings. The van der Waals surface area contributed by atoms with Gasteiger partial charge in [0.1, 0.15) is 5.75 Å². The number of nitrogens with one attached hydrogen (secondary N) is 1. The molecular weight excluding hydrogens is 545 g/mol. The van der Waals surface area contributed by atoms with Crippen LogP contribution in [-0.4, -0.2) is 29.1 Å². The van der Waals surface area contributed by atoms with Gasteiger partial charge in [-0.3, -0.25) is 4.90 Å². The molecule has 3 nitrogen and oxygen atoms in total. The highest BCUT2D eigenvalue weighted by molar-refractivity contribution is 6.32. The minimum absolute atomic E-state index is 0.0202. The molecule has 1 atom stereocenters. The second-order valence-corrected chi connectivity index (χ2v) is 10.7. The molecule has 5 rings (SSSR count). The van der Waals surface area contributed by atoms with Gasteiger partial charge in [0, 0.05) is 42.7 Å². The Bertz CT molecular complexity index is 1510. The Morgan fingerprint density at radius 2 is 1.49 bits per heavy atom. The van der Waals surface area contributed by atoms with E-state index in [1.165, 1.54) is 6.07 Å². The van der Waals surface area contributed by atoms with E-state index in [1.807, 2.05) is 73.8 Å². The molecule has 0 radical (unpaired) electrons. The van der Waals surface area contributed by atoms with Crippen molar-refractivity contribution in [3.8, 4) is 5.75 Å². The molecule has 0 aliphatic heterocycles. The number of hydrogen-bond acceptors (Lipinski definition) is 2. The fraction of sp³-hybridized carbons (Fsp3) is 0.235. The van der Waals surface area contributed by atoms with Crippen molar-refractivity contribution < 1.29 is 17.9 Å². The Hall–Kier alpha value is -3.74. The van der Waals surface area contributed by atoms with Crippen LogP contribution in [0.4, 0.5) is 13.2 Å². The van der Waals surface area contributed by atoms with Crippen molar-refractivity contribution in [3.63, 3.8) is 0 Å². The van der Waals surface area contributed by atoms with E-state index in [-0.39, 0.29) is 23.6 Å². The number of benzene rings is 4. The van der Waals surface area contributed by atoms with Crippen LogP contribution in [0.25, 0.3) is 10.9 Å². The van der Waals surface area contributed by atoms with E-state index in [9.17, 15) is 13.2 Å². The first-order valence-corrected chi connectivity index (χ1v) is 14.1. The number of rotatable bonds is 11. The van der Waals surface area contributed by atoms with E-state index in [0.717, 1.165) is 33.8 Å². The predicted molar refractivity (Wildman–Crippen MR) is 159 cm³/mol. The summed E-state index contributed by atoms with van der Waals surface area (Å²) >= 11 is 6.35. The molecule has 0 unspecified atom stereocenters. The van der Waals surface area contributed by atoms with Crippen LogP contribution in [0.5, 0.6) is 5.75 Å². The highest BCUT2D eigenvalue weighted by Crippen LogP contribution is 2.37. The van der Waals surface area contributed by atoms with Gasteiger partial charge in [-0.15, -0.1) is 0 Å². The standard InChI is InChI=1S/C34H32ClF3N2O/c1-24(41-32-17-9-16-31-28(32)18-20-39-31)19-21-40(22-27-14-8-15-30(33(27)35)34(36,37)38)23-29(25-10-4-2-5-11-25)26-12-6-3-7-13-26/h2-18,20,24,29,39H,19,21-23H2,1H3/t24-/m1/s1. The number of aromatic nitrogens is 1. The largest absolute Gasteiger partial charge is 0.490 e. The Balaban J connectivity index is 1.41. The second kappa shape index (κ2) is 12.8. The normalized spacial score (nSPS) is 12.8. The van der Waals surface area contributed by atoms with Crippen LogP contribution in [0.1, 0.15) is 41.5 Å². The quantitative estimate of drug-likeness (QED) is 0.170. The summed E-state index contributed by atoms with van der Waals surface area (Å²) in [6, 6.07) is 32.4. The summed E-state index contributed by atoms with van der Waals surface area (Å²) < 4.78 is 47.3. The van der Waals surface area contributed by atoms with Gasteiger partial charge in [0.25, 0.3) is 0 Å². The van der Waals surface area contributed by atoms with Crippen LogP contribution in [0.15, 0.2) is 109 Å². The van der Waals surface area contributed by atoms with Gasteiger partial charge >= 0.3 is 6.18 Å². The first kappa shape index (κ1) is 28.8. The summed E-state index contributed by atoms with van der Waals surface area (Å²) in [5, 5.41) is 0.768. The lowest BCUT2D eigenvalue weighted by molar-refractivity contribution is -0.137. The summed E-state index contributed by atoms with van der Waals surface area (Å²) in [5.74, 6) is 0.821. The molecule has 0 bridgehead atoms. The number of fused-ring (bicyclic) bond motifs is 1. The molecular formula is C34H32ClF3N2O. The lowest BCUT2D eigenvalue weighted by atomic mass is 9.90. The zero-order valence-corrected chi connectivity index (χ0v) is 23.5. The number of H-pyrrole nitrogens is 1. The topological polar surface area (TPSA) is 28.3 Å². The van der Waals surface area contributed by atoms with E-state index in [2.05, 4.69) is 34.1 Å². The van der Waals surface area contributed by atoms with Crippen LogP contribution in [0.2, 0.25) is 5.02 Å². The minimum Gasteiger partial charge on any atom is -0.490 e. The van der Waals surface area contributed by atoms with Crippen molar-refractivity contribution >= 4 is 22.5 Å². The second-order valence-electron chi connectivity index (χ2n) is 10.3. The van der Waals surface area contributed by atoms with E-state index in [0.29, 0.717) is 25.1 Å². The lowest BCUT2D eigenvalue weighted by Gasteiger charge is -2.30. The van der Waals surface area contributed by atoms with Crippen LogP contribution in [0.3, 0.4) is 0 Å². The van der Waals surface area contributed by atoms with Crippen LogP contribution in [0, 0.1) is 0 Å². The minimum atomic E-state index is -4.52. The molecule has 0 saturated heterocycles. The third-order valence-corrected chi connectivity index (χ3v) is 7.80. The van der Waals surface area contributed by atoms with Crippen LogP contribution < -0.4 is 4.74 Å². The van der Waals surface area contributed by atoms with Gasteiger partial charge in [-0.1, -0.05) is 90.5 Å². The van der Waals surface area contributed by atoms with Crippen molar-refractivity contribution in [2.45, 2.75) is 38.1 Å². The Kier molecular flexibility index (Phi) is 9.01. The zero-order valence-electron chi connectivity index (χ0n) is 22.7. The maximum Gasteiger partial charge on any atom is 0.417 e. The maximum absolute atomic E-state index is 13.7. The fourth-order valence-electron chi connectivity index (χ4n) is 5.23. The summed E-state index contributed by atoms with van der Waals surface area (Å²) in [7, 11) is 0. The molecule has 1 N–H and O–H groups in total. The molecule has 0 spiro atoms. The van der Waals surface area contributed by atoms with Crippen molar-refractivity contribution in [2.24, 2.45) is 0 Å². The molecule has 0 amide bonds. The van der Waals surface area contributed by atoms with Gasteiger partial charge in [0.05, 0.1) is 16.7 Å². The van der Waals surface area contributed by atoms with Crippen molar-refractivity contribution in [1.82, 2.24) is 9.88 Å². The van der Waals surface area contributed by atoms with Crippen molar-refractivity contribution in [2.75, 3.05) is 13.1 Å². The number of ether oxygens (including phenoxy) is 1. The smallest absolute Gasteiger partial charge is 0.417 e. The summed E-state index contributed by atoms with van der Waals surface area (Å²) in [5.41, 5.74) is 2.93. The van der Waals surface area contributed by atoms with E-state index >= 15 is 0 Å². The van der Waals surface area contributed by atoms with Gasteiger partial charge < -0.3 is 9.72 Å².